The number of nitrogens with zero attached hydrogens (tertiary/aromatic N) is 3. The van der Waals surface area contributed by atoms with Gasteiger partial charge in [0.15, 0.2) is 5.82 Å². The van der Waals surface area contributed by atoms with E-state index in [0.29, 0.717) is 6.61 Å². The molecule has 0 aliphatic rings. The van der Waals surface area contributed by atoms with Crippen LogP contribution >= 0.6 is 0 Å². The maximum absolute atomic E-state index is 5.45. The minimum absolute atomic E-state index is 0.272. The number of hydrogen-bond acceptors (Lipinski definition) is 4. The molecule has 0 bridgehead atoms. The van der Waals surface area contributed by atoms with Crippen molar-refractivity contribution in [2.75, 3.05) is 13.2 Å². The van der Waals surface area contributed by atoms with E-state index < -0.39 is 0 Å². The zero-order chi connectivity index (χ0) is 11.8. The van der Waals surface area contributed by atoms with E-state index in [9.17, 15) is 0 Å². The van der Waals surface area contributed by atoms with Crippen molar-refractivity contribution < 1.29 is 4.74 Å². The Morgan fingerprint density at radius 2 is 2.31 bits per heavy atom. The molecule has 1 heterocycles. The van der Waals surface area contributed by atoms with Crippen LogP contribution in [0.15, 0.2) is 6.33 Å². The number of nitrogens with one attached hydrogen (secondary N) is 1. The van der Waals surface area contributed by atoms with Gasteiger partial charge in [-0.3, -0.25) is 4.68 Å². The lowest BCUT2D eigenvalue weighted by molar-refractivity contribution is 0.0708. The fourth-order valence-corrected chi connectivity index (χ4v) is 1.28. The van der Waals surface area contributed by atoms with Crippen LogP contribution in [0.2, 0.25) is 0 Å². The molecule has 0 amide bonds. The third-order valence-electron chi connectivity index (χ3n) is 2.07. The molecular formula is C11H22N4O. The minimum Gasteiger partial charge on any atom is -0.377 e. The quantitative estimate of drug-likeness (QED) is 0.677. The van der Waals surface area contributed by atoms with Crippen LogP contribution in [0.5, 0.6) is 0 Å². The largest absolute Gasteiger partial charge is 0.377 e. The van der Waals surface area contributed by atoms with E-state index in [1.54, 1.807) is 6.33 Å². The topological polar surface area (TPSA) is 52.0 Å². The van der Waals surface area contributed by atoms with E-state index in [4.69, 9.17) is 4.74 Å². The molecule has 0 aromatic carbocycles. The maximum Gasteiger partial charge on any atom is 0.164 e. The molecule has 0 fully saturated rings. The van der Waals surface area contributed by atoms with E-state index in [2.05, 4.69) is 22.3 Å². The zero-order valence-corrected chi connectivity index (χ0v) is 10.4. The normalized spacial score (nSPS) is 11.2. The summed E-state index contributed by atoms with van der Waals surface area (Å²) in [5.74, 6) is 0.845. The van der Waals surface area contributed by atoms with Gasteiger partial charge in [0.1, 0.15) is 6.33 Å². The summed E-state index contributed by atoms with van der Waals surface area (Å²) in [7, 11) is 0. The zero-order valence-electron chi connectivity index (χ0n) is 10.4. The Hall–Kier alpha value is -0.940. The molecule has 16 heavy (non-hydrogen) atoms. The van der Waals surface area contributed by atoms with Gasteiger partial charge in [-0.15, -0.1) is 0 Å². The van der Waals surface area contributed by atoms with Gasteiger partial charge in [-0.25, -0.2) is 4.98 Å². The average Bonchev–Trinajstić information content (AvgIpc) is 2.66. The minimum atomic E-state index is 0.272. The first-order valence-electron chi connectivity index (χ1n) is 5.93. The molecule has 0 spiro atoms. The number of aromatic nitrogens is 3. The van der Waals surface area contributed by atoms with Gasteiger partial charge in [-0.1, -0.05) is 6.92 Å². The van der Waals surface area contributed by atoms with E-state index in [1.165, 1.54) is 0 Å². The first-order chi connectivity index (χ1) is 7.72. The Balaban J connectivity index is 2.22. The summed E-state index contributed by atoms with van der Waals surface area (Å²) in [5.41, 5.74) is 0. The number of ether oxygens (including phenoxy) is 1. The highest BCUT2D eigenvalue weighted by Crippen LogP contribution is 1.92. The maximum atomic E-state index is 5.45. The molecule has 0 saturated carbocycles. The van der Waals surface area contributed by atoms with Crippen molar-refractivity contribution in [3.05, 3.63) is 12.2 Å². The molecule has 1 N–H and O–H groups in total. The Morgan fingerprint density at radius 3 is 3.00 bits per heavy atom. The van der Waals surface area contributed by atoms with Gasteiger partial charge in [0.25, 0.3) is 0 Å². The first kappa shape index (κ1) is 13.1. The third kappa shape index (κ3) is 5.23. The van der Waals surface area contributed by atoms with Crippen LogP contribution in [0.4, 0.5) is 0 Å². The molecule has 1 aromatic rings. The van der Waals surface area contributed by atoms with Crippen molar-refractivity contribution in [2.45, 2.75) is 46.4 Å². The molecular weight excluding hydrogens is 204 g/mol. The first-order valence-corrected chi connectivity index (χ1v) is 5.93. The van der Waals surface area contributed by atoms with Crippen LogP contribution in [-0.4, -0.2) is 34.0 Å². The van der Waals surface area contributed by atoms with Crippen molar-refractivity contribution >= 4 is 0 Å². The van der Waals surface area contributed by atoms with Gasteiger partial charge in [0, 0.05) is 0 Å². The summed E-state index contributed by atoms with van der Waals surface area (Å²) in [6.45, 7) is 9.39. The van der Waals surface area contributed by atoms with Gasteiger partial charge >= 0.3 is 0 Å². The van der Waals surface area contributed by atoms with Crippen LogP contribution in [0.25, 0.3) is 0 Å². The number of hydrogen-bond donors (Lipinski definition) is 1. The Labute approximate surface area is 97.2 Å². The second kappa shape index (κ2) is 7.35. The van der Waals surface area contributed by atoms with Gasteiger partial charge in [0.05, 0.1) is 25.8 Å². The second-order valence-electron chi connectivity index (χ2n) is 4.02. The molecule has 1 rings (SSSR count). The van der Waals surface area contributed by atoms with E-state index in [0.717, 1.165) is 31.9 Å². The summed E-state index contributed by atoms with van der Waals surface area (Å²) >= 11 is 0. The van der Waals surface area contributed by atoms with Gasteiger partial charge < -0.3 is 10.1 Å². The smallest absolute Gasteiger partial charge is 0.164 e. The van der Waals surface area contributed by atoms with Gasteiger partial charge in [-0.2, -0.15) is 5.10 Å². The molecule has 5 heteroatoms. The van der Waals surface area contributed by atoms with Crippen molar-refractivity contribution in [1.82, 2.24) is 20.1 Å². The summed E-state index contributed by atoms with van der Waals surface area (Å²) in [6.07, 6.45) is 3.16. The lowest BCUT2D eigenvalue weighted by Crippen LogP contribution is -2.15. The fourth-order valence-electron chi connectivity index (χ4n) is 1.28. The Bertz CT molecular complexity index is 285. The van der Waals surface area contributed by atoms with Crippen LogP contribution in [0.1, 0.15) is 33.0 Å². The van der Waals surface area contributed by atoms with Gasteiger partial charge in [0.2, 0.25) is 0 Å². The van der Waals surface area contributed by atoms with Crippen LogP contribution in [0, 0.1) is 0 Å². The fraction of sp³-hybridized carbons (Fsp3) is 0.818. The molecule has 5 nitrogen and oxygen atoms in total. The lowest BCUT2D eigenvalue weighted by Gasteiger charge is -2.06. The SMILES string of the molecule is CCCNCc1ncn(CCOC(C)C)n1. The summed E-state index contributed by atoms with van der Waals surface area (Å²) in [4.78, 5) is 4.22. The second-order valence-corrected chi connectivity index (χ2v) is 4.02. The van der Waals surface area contributed by atoms with Crippen molar-refractivity contribution in [3.63, 3.8) is 0 Å². The summed E-state index contributed by atoms with van der Waals surface area (Å²) in [5, 5.41) is 7.61. The molecule has 92 valence electrons. The summed E-state index contributed by atoms with van der Waals surface area (Å²) < 4.78 is 7.27. The van der Waals surface area contributed by atoms with Crippen molar-refractivity contribution in [3.8, 4) is 0 Å². The highest BCUT2D eigenvalue weighted by molar-refractivity contribution is 4.80. The van der Waals surface area contributed by atoms with E-state index in [-0.39, 0.29) is 6.10 Å². The Morgan fingerprint density at radius 1 is 1.50 bits per heavy atom. The standard InChI is InChI=1S/C11H22N4O/c1-4-5-12-8-11-13-9-15(14-11)6-7-16-10(2)3/h9-10,12H,4-8H2,1-3H3. The molecule has 0 aliphatic heterocycles. The highest BCUT2D eigenvalue weighted by Gasteiger charge is 2.00. The van der Waals surface area contributed by atoms with Gasteiger partial charge in [-0.05, 0) is 26.8 Å². The number of rotatable bonds is 8. The third-order valence-corrected chi connectivity index (χ3v) is 2.07. The van der Waals surface area contributed by atoms with Crippen molar-refractivity contribution in [1.29, 1.82) is 0 Å². The van der Waals surface area contributed by atoms with Crippen molar-refractivity contribution in [2.24, 2.45) is 0 Å². The predicted molar refractivity (Wildman–Crippen MR) is 63.1 cm³/mol. The molecule has 0 unspecified atom stereocenters. The lowest BCUT2D eigenvalue weighted by atomic mass is 10.5. The van der Waals surface area contributed by atoms with E-state index >= 15 is 0 Å². The molecule has 0 aliphatic carbocycles. The highest BCUT2D eigenvalue weighted by atomic mass is 16.5. The molecule has 0 atom stereocenters. The van der Waals surface area contributed by atoms with Crippen LogP contribution < -0.4 is 5.32 Å². The average molecular weight is 226 g/mol. The van der Waals surface area contributed by atoms with Crippen LogP contribution in [-0.2, 0) is 17.8 Å². The summed E-state index contributed by atoms with van der Waals surface area (Å²) in [6, 6.07) is 0. The predicted octanol–water partition coefficient (Wildman–Crippen LogP) is 1.20. The van der Waals surface area contributed by atoms with Crippen LogP contribution in [0.3, 0.4) is 0 Å². The van der Waals surface area contributed by atoms with E-state index in [1.807, 2.05) is 18.5 Å². The monoisotopic (exact) mass is 226 g/mol. The Kier molecular flexibility index (Phi) is 6.03. The molecule has 0 saturated heterocycles. The molecule has 0 radical (unpaired) electrons. The molecule has 1 aromatic heterocycles.